The number of nitrogens with one attached hydrogen (secondary N) is 1. The Balaban J connectivity index is 2.87. The maximum absolute atomic E-state index is 11.2. The van der Waals surface area contributed by atoms with E-state index in [9.17, 15) is 4.79 Å². The fourth-order valence-corrected chi connectivity index (χ4v) is 1.00. The summed E-state index contributed by atoms with van der Waals surface area (Å²) >= 11 is 0. The topological polar surface area (TPSA) is 51.5 Å². The Morgan fingerprint density at radius 2 is 2.25 bits per heavy atom. The van der Waals surface area contributed by atoms with E-state index in [0.29, 0.717) is 17.1 Å². The Hall–Kier alpha value is -1.29. The molecule has 1 heterocycles. The Morgan fingerprint density at radius 1 is 1.58 bits per heavy atom. The second kappa shape index (κ2) is 3.40. The van der Waals surface area contributed by atoms with Crippen LogP contribution in [-0.2, 0) is 4.84 Å². The molecule has 0 aliphatic rings. The van der Waals surface area contributed by atoms with Gasteiger partial charge in [0.15, 0.2) is 0 Å². The van der Waals surface area contributed by atoms with Crippen LogP contribution in [0.2, 0.25) is 0 Å². The van der Waals surface area contributed by atoms with Gasteiger partial charge in [0.25, 0.3) is 5.91 Å². The predicted molar refractivity (Wildman–Crippen MR) is 42.7 cm³/mol. The van der Waals surface area contributed by atoms with Crippen LogP contribution in [-0.4, -0.2) is 13.0 Å². The Morgan fingerprint density at radius 3 is 2.67 bits per heavy atom. The molecule has 0 unspecified atom stereocenters. The van der Waals surface area contributed by atoms with E-state index in [-0.39, 0.29) is 5.91 Å². The minimum absolute atomic E-state index is 0.285. The summed E-state index contributed by atoms with van der Waals surface area (Å²) in [7, 11) is 1.39. The molecule has 1 rings (SSSR count). The monoisotopic (exact) mass is 169 g/mol. The Bertz CT molecular complexity index is 290. The maximum atomic E-state index is 11.2. The fraction of sp³-hybridized carbons (Fsp3) is 0.375. The lowest BCUT2D eigenvalue weighted by Crippen LogP contribution is -2.21. The molecule has 1 aromatic heterocycles. The van der Waals surface area contributed by atoms with Crippen molar-refractivity contribution < 1.29 is 14.0 Å². The standard InChI is InChI=1S/C8H11NO3/c1-5-4-7(6(2)12-5)8(10)9-11-3/h4H,1-3H3,(H,9,10). The highest BCUT2D eigenvalue weighted by molar-refractivity contribution is 5.94. The zero-order valence-electron chi connectivity index (χ0n) is 7.30. The van der Waals surface area contributed by atoms with Crippen LogP contribution in [0.1, 0.15) is 21.9 Å². The number of amides is 1. The average molecular weight is 169 g/mol. The zero-order chi connectivity index (χ0) is 9.14. The quantitative estimate of drug-likeness (QED) is 0.676. The predicted octanol–water partition coefficient (Wildman–Crippen LogP) is 1.19. The molecule has 4 heteroatoms. The SMILES string of the molecule is CONC(=O)c1cc(C)oc1C. The van der Waals surface area contributed by atoms with Gasteiger partial charge >= 0.3 is 0 Å². The van der Waals surface area contributed by atoms with Gasteiger partial charge in [-0.05, 0) is 19.9 Å². The third-order valence-corrected chi connectivity index (χ3v) is 1.48. The first-order valence-corrected chi connectivity index (χ1v) is 3.55. The van der Waals surface area contributed by atoms with E-state index >= 15 is 0 Å². The van der Waals surface area contributed by atoms with Gasteiger partial charge in [-0.2, -0.15) is 0 Å². The van der Waals surface area contributed by atoms with Crippen LogP contribution in [0, 0.1) is 13.8 Å². The van der Waals surface area contributed by atoms with Crippen molar-refractivity contribution in [2.24, 2.45) is 0 Å². The summed E-state index contributed by atoms with van der Waals surface area (Å²) in [6.07, 6.45) is 0. The van der Waals surface area contributed by atoms with Crippen molar-refractivity contribution in [1.29, 1.82) is 0 Å². The molecule has 0 atom stereocenters. The third kappa shape index (κ3) is 1.65. The van der Waals surface area contributed by atoms with E-state index in [0.717, 1.165) is 0 Å². The van der Waals surface area contributed by atoms with E-state index in [2.05, 4.69) is 10.3 Å². The second-order valence-electron chi connectivity index (χ2n) is 2.46. The number of hydrogen-bond donors (Lipinski definition) is 1. The number of carbonyl (C=O) groups is 1. The fourth-order valence-electron chi connectivity index (χ4n) is 1.00. The molecule has 0 radical (unpaired) electrons. The van der Waals surface area contributed by atoms with Gasteiger partial charge in [-0.3, -0.25) is 9.63 Å². The second-order valence-corrected chi connectivity index (χ2v) is 2.46. The summed E-state index contributed by atoms with van der Waals surface area (Å²) in [5.41, 5.74) is 2.73. The normalized spacial score (nSPS) is 9.92. The van der Waals surface area contributed by atoms with Gasteiger partial charge in [0.1, 0.15) is 11.5 Å². The Labute approximate surface area is 70.5 Å². The molecule has 1 amide bonds. The number of hydroxylamine groups is 1. The minimum atomic E-state index is -0.285. The molecule has 1 aromatic rings. The molecular weight excluding hydrogens is 158 g/mol. The number of furan rings is 1. The van der Waals surface area contributed by atoms with Gasteiger partial charge in [-0.1, -0.05) is 0 Å². The van der Waals surface area contributed by atoms with E-state index in [1.807, 2.05) is 0 Å². The van der Waals surface area contributed by atoms with E-state index in [1.54, 1.807) is 19.9 Å². The number of rotatable bonds is 2. The summed E-state index contributed by atoms with van der Waals surface area (Å²) in [5.74, 6) is 1.03. The Kier molecular flexibility index (Phi) is 2.50. The first-order chi connectivity index (χ1) is 5.65. The summed E-state index contributed by atoms with van der Waals surface area (Å²) in [6, 6.07) is 1.67. The molecule has 0 fully saturated rings. The van der Waals surface area contributed by atoms with Gasteiger partial charge < -0.3 is 4.42 Å². The van der Waals surface area contributed by atoms with E-state index in [4.69, 9.17) is 4.42 Å². The first-order valence-electron chi connectivity index (χ1n) is 3.55. The molecule has 1 N–H and O–H groups in total. The van der Waals surface area contributed by atoms with Crippen LogP contribution >= 0.6 is 0 Å². The number of carbonyl (C=O) groups excluding carboxylic acids is 1. The molecule has 12 heavy (non-hydrogen) atoms. The van der Waals surface area contributed by atoms with E-state index in [1.165, 1.54) is 7.11 Å². The largest absolute Gasteiger partial charge is 0.466 e. The number of hydrogen-bond acceptors (Lipinski definition) is 3. The molecule has 0 saturated carbocycles. The van der Waals surface area contributed by atoms with Crippen LogP contribution in [0.25, 0.3) is 0 Å². The highest BCUT2D eigenvalue weighted by Crippen LogP contribution is 2.12. The lowest BCUT2D eigenvalue weighted by molar-refractivity contribution is 0.0536. The van der Waals surface area contributed by atoms with Crippen molar-refractivity contribution >= 4 is 5.91 Å². The molecule has 66 valence electrons. The summed E-state index contributed by atoms with van der Waals surface area (Å²) in [4.78, 5) is 15.7. The number of aryl methyl sites for hydroxylation is 2. The molecule has 0 aliphatic carbocycles. The van der Waals surface area contributed by atoms with Gasteiger partial charge in [0.05, 0.1) is 12.7 Å². The summed E-state index contributed by atoms with van der Waals surface area (Å²) in [6.45, 7) is 3.52. The van der Waals surface area contributed by atoms with Gasteiger partial charge in [0, 0.05) is 0 Å². The third-order valence-electron chi connectivity index (χ3n) is 1.48. The molecule has 0 aliphatic heterocycles. The molecule has 0 spiro atoms. The smallest absolute Gasteiger partial charge is 0.278 e. The van der Waals surface area contributed by atoms with Crippen LogP contribution in [0.4, 0.5) is 0 Å². The molecule has 0 bridgehead atoms. The van der Waals surface area contributed by atoms with Crippen molar-refractivity contribution in [2.45, 2.75) is 13.8 Å². The van der Waals surface area contributed by atoms with Crippen molar-refractivity contribution in [3.8, 4) is 0 Å². The van der Waals surface area contributed by atoms with Crippen molar-refractivity contribution in [2.75, 3.05) is 7.11 Å². The molecule has 0 saturated heterocycles. The van der Waals surface area contributed by atoms with Crippen LogP contribution in [0.15, 0.2) is 10.5 Å². The lowest BCUT2D eigenvalue weighted by Gasteiger charge is -1.98. The van der Waals surface area contributed by atoms with Gasteiger partial charge in [0.2, 0.25) is 0 Å². The summed E-state index contributed by atoms with van der Waals surface area (Å²) in [5, 5.41) is 0. The van der Waals surface area contributed by atoms with Crippen molar-refractivity contribution in [3.05, 3.63) is 23.2 Å². The molecule has 4 nitrogen and oxygen atoms in total. The van der Waals surface area contributed by atoms with Gasteiger partial charge in [-0.25, -0.2) is 5.48 Å². The molecular formula is C8H11NO3. The maximum Gasteiger partial charge on any atom is 0.278 e. The van der Waals surface area contributed by atoms with Crippen LogP contribution < -0.4 is 5.48 Å². The first kappa shape index (κ1) is 8.80. The van der Waals surface area contributed by atoms with E-state index < -0.39 is 0 Å². The van der Waals surface area contributed by atoms with Crippen molar-refractivity contribution in [3.63, 3.8) is 0 Å². The summed E-state index contributed by atoms with van der Waals surface area (Å²) < 4.78 is 5.17. The lowest BCUT2D eigenvalue weighted by atomic mass is 10.2. The molecule has 0 aromatic carbocycles. The van der Waals surface area contributed by atoms with Crippen LogP contribution in [0.3, 0.4) is 0 Å². The van der Waals surface area contributed by atoms with Gasteiger partial charge in [-0.15, -0.1) is 0 Å². The average Bonchev–Trinajstić information content (AvgIpc) is 2.30. The highest BCUT2D eigenvalue weighted by Gasteiger charge is 2.12. The zero-order valence-corrected chi connectivity index (χ0v) is 7.30. The minimum Gasteiger partial charge on any atom is -0.466 e. The highest BCUT2D eigenvalue weighted by atomic mass is 16.6. The van der Waals surface area contributed by atoms with Crippen LogP contribution in [0.5, 0.6) is 0 Å². The van der Waals surface area contributed by atoms with Crippen molar-refractivity contribution in [1.82, 2.24) is 5.48 Å².